The van der Waals surface area contributed by atoms with Crippen LogP contribution in [0.15, 0.2) is 47.8 Å². The third-order valence-corrected chi connectivity index (χ3v) is 4.01. The van der Waals surface area contributed by atoms with Crippen molar-refractivity contribution in [2.45, 2.75) is 19.0 Å². The van der Waals surface area contributed by atoms with Gasteiger partial charge in [-0.3, -0.25) is 5.32 Å². The van der Waals surface area contributed by atoms with Gasteiger partial charge in [0.05, 0.1) is 7.11 Å². The van der Waals surface area contributed by atoms with Crippen LogP contribution >= 0.6 is 11.3 Å². The van der Waals surface area contributed by atoms with Crippen LogP contribution in [0.4, 0.5) is 0 Å². The minimum Gasteiger partial charge on any atom is -0.468 e. The highest BCUT2D eigenvalue weighted by atomic mass is 32.1. The van der Waals surface area contributed by atoms with Gasteiger partial charge >= 0.3 is 5.97 Å². The maximum absolute atomic E-state index is 11.9. The predicted octanol–water partition coefficient (Wildman–Crippen LogP) is 3.31. The Morgan fingerprint density at radius 3 is 2.53 bits per heavy atom. The summed E-state index contributed by atoms with van der Waals surface area (Å²) in [6, 6.07) is 13.3. The Kier molecular flexibility index (Phi) is 4.71. The first-order chi connectivity index (χ1) is 9.22. The van der Waals surface area contributed by atoms with Gasteiger partial charge in [-0.15, -0.1) is 11.3 Å². The van der Waals surface area contributed by atoms with Crippen molar-refractivity contribution in [2.75, 3.05) is 7.11 Å². The van der Waals surface area contributed by atoms with Crippen LogP contribution < -0.4 is 5.32 Å². The number of hydrogen-bond donors (Lipinski definition) is 1. The minimum absolute atomic E-state index is 0.101. The topological polar surface area (TPSA) is 38.3 Å². The molecule has 0 spiro atoms. The molecule has 1 aromatic carbocycles. The van der Waals surface area contributed by atoms with Gasteiger partial charge in [-0.2, -0.15) is 0 Å². The molecule has 0 aliphatic carbocycles. The zero-order chi connectivity index (χ0) is 13.7. The normalized spacial score (nSPS) is 13.8. The van der Waals surface area contributed by atoms with E-state index in [-0.39, 0.29) is 12.0 Å². The van der Waals surface area contributed by atoms with Gasteiger partial charge in [0.15, 0.2) is 0 Å². The van der Waals surface area contributed by atoms with Gasteiger partial charge in [0.1, 0.15) is 6.04 Å². The lowest BCUT2D eigenvalue weighted by Crippen LogP contribution is -2.31. The van der Waals surface area contributed by atoms with Crippen LogP contribution in [-0.2, 0) is 9.53 Å². The zero-order valence-electron chi connectivity index (χ0n) is 11.0. The van der Waals surface area contributed by atoms with Crippen LogP contribution in [0.25, 0.3) is 0 Å². The molecule has 0 saturated heterocycles. The SMILES string of the molecule is COC(=O)[C@@H](N[C@@H](C)c1cccs1)c1ccccc1. The van der Waals surface area contributed by atoms with Crippen molar-refractivity contribution in [1.29, 1.82) is 0 Å². The zero-order valence-corrected chi connectivity index (χ0v) is 11.8. The molecule has 0 fully saturated rings. The van der Waals surface area contributed by atoms with E-state index in [0.29, 0.717) is 0 Å². The predicted molar refractivity (Wildman–Crippen MR) is 77.1 cm³/mol. The fourth-order valence-electron chi connectivity index (χ4n) is 1.93. The van der Waals surface area contributed by atoms with E-state index in [2.05, 4.69) is 11.4 Å². The quantitative estimate of drug-likeness (QED) is 0.851. The van der Waals surface area contributed by atoms with Gasteiger partial charge in [0, 0.05) is 10.9 Å². The van der Waals surface area contributed by atoms with Gasteiger partial charge in [0.25, 0.3) is 0 Å². The average Bonchev–Trinajstić information content (AvgIpc) is 2.99. The summed E-state index contributed by atoms with van der Waals surface area (Å²) in [5.74, 6) is -0.269. The molecule has 0 bridgehead atoms. The minimum atomic E-state index is -0.441. The number of carbonyl (C=O) groups is 1. The summed E-state index contributed by atoms with van der Waals surface area (Å²) in [6.07, 6.45) is 0. The van der Waals surface area contributed by atoms with Crippen molar-refractivity contribution in [3.8, 4) is 0 Å². The van der Waals surface area contributed by atoms with Gasteiger partial charge in [0.2, 0.25) is 0 Å². The molecule has 4 heteroatoms. The van der Waals surface area contributed by atoms with Crippen molar-refractivity contribution in [1.82, 2.24) is 5.32 Å². The van der Waals surface area contributed by atoms with Crippen LogP contribution in [0.2, 0.25) is 0 Å². The first-order valence-electron chi connectivity index (χ1n) is 6.14. The Balaban J connectivity index is 2.17. The summed E-state index contributed by atoms with van der Waals surface area (Å²) in [5.41, 5.74) is 0.915. The lowest BCUT2D eigenvalue weighted by molar-refractivity contribution is -0.143. The molecule has 0 radical (unpaired) electrons. The number of methoxy groups -OCH3 is 1. The van der Waals surface area contributed by atoms with Crippen molar-refractivity contribution in [2.24, 2.45) is 0 Å². The smallest absolute Gasteiger partial charge is 0.327 e. The molecule has 2 rings (SSSR count). The average molecular weight is 275 g/mol. The molecule has 3 nitrogen and oxygen atoms in total. The van der Waals surface area contributed by atoms with E-state index >= 15 is 0 Å². The Labute approximate surface area is 117 Å². The molecule has 19 heavy (non-hydrogen) atoms. The van der Waals surface area contributed by atoms with Gasteiger partial charge in [-0.1, -0.05) is 36.4 Å². The van der Waals surface area contributed by atoms with Gasteiger partial charge < -0.3 is 4.74 Å². The number of hydrogen-bond acceptors (Lipinski definition) is 4. The van der Waals surface area contributed by atoms with Gasteiger partial charge in [-0.25, -0.2) is 4.79 Å². The van der Waals surface area contributed by atoms with E-state index in [1.165, 1.54) is 12.0 Å². The van der Waals surface area contributed by atoms with Crippen molar-refractivity contribution in [3.63, 3.8) is 0 Å². The molecule has 0 aliphatic heterocycles. The van der Waals surface area contributed by atoms with E-state index < -0.39 is 6.04 Å². The van der Waals surface area contributed by atoms with E-state index in [1.807, 2.05) is 48.7 Å². The monoisotopic (exact) mass is 275 g/mol. The van der Waals surface area contributed by atoms with Crippen LogP contribution in [-0.4, -0.2) is 13.1 Å². The van der Waals surface area contributed by atoms with E-state index in [4.69, 9.17) is 4.74 Å². The second-order valence-electron chi connectivity index (χ2n) is 4.27. The van der Waals surface area contributed by atoms with Crippen molar-refractivity contribution < 1.29 is 9.53 Å². The van der Waals surface area contributed by atoms with Crippen LogP contribution in [0.5, 0.6) is 0 Å². The fraction of sp³-hybridized carbons (Fsp3) is 0.267. The highest BCUT2D eigenvalue weighted by molar-refractivity contribution is 7.10. The number of ether oxygens (including phenoxy) is 1. The lowest BCUT2D eigenvalue weighted by Gasteiger charge is -2.21. The van der Waals surface area contributed by atoms with Gasteiger partial charge in [-0.05, 0) is 23.9 Å². The molecule has 0 saturated carbocycles. The second kappa shape index (κ2) is 6.50. The number of nitrogens with one attached hydrogen (secondary N) is 1. The number of carbonyl (C=O) groups excluding carboxylic acids is 1. The number of rotatable bonds is 5. The molecule has 1 heterocycles. The molecule has 1 aromatic heterocycles. The fourth-order valence-corrected chi connectivity index (χ4v) is 2.68. The molecule has 100 valence electrons. The molecule has 2 aromatic rings. The molecular formula is C15H17NO2S. The Morgan fingerprint density at radius 2 is 1.95 bits per heavy atom. The molecule has 0 unspecified atom stereocenters. The molecular weight excluding hydrogens is 258 g/mol. The Hall–Kier alpha value is -1.65. The highest BCUT2D eigenvalue weighted by Crippen LogP contribution is 2.23. The standard InChI is InChI=1S/C15H17NO2S/c1-11(13-9-6-10-19-13)16-14(15(17)18-2)12-7-4-3-5-8-12/h3-11,14,16H,1-2H3/t11-,14-/m0/s1. The number of esters is 1. The maximum Gasteiger partial charge on any atom is 0.327 e. The van der Waals surface area contributed by atoms with Crippen LogP contribution in [0.3, 0.4) is 0 Å². The molecule has 2 atom stereocenters. The van der Waals surface area contributed by atoms with E-state index in [9.17, 15) is 4.79 Å². The lowest BCUT2D eigenvalue weighted by atomic mass is 10.1. The van der Waals surface area contributed by atoms with E-state index in [0.717, 1.165) is 5.56 Å². The number of thiophene rings is 1. The third-order valence-electron chi connectivity index (χ3n) is 2.96. The summed E-state index contributed by atoms with van der Waals surface area (Å²) in [4.78, 5) is 13.1. The molecule has 0 aliphatic rings. The van der Waals surface area contributed by atoms with E-state index in [1.54, 1.807) is 11.3 Å². The Morgan fingerprint density at radius 1 is 1.21 bits per heavy atom. The summed E-state index contributed by atoms with van der Waals surface area (Å²) in [6.45, 7) is 2.05. The van der Waals surface area contributed by atoms with Crippen molar-refractivity contribution in [3.05, 3.63) is 58.3 Å². The Bertz CT molecular complexity index is 510. The van der Waals surface area contributed by atoms with Crippen LogP contribution in [0.1, 0.15) is 29.4 Å². The molecule has 1 N–H and O–H groups in total. The van der Waals surface area contributed by atoms with Crippen molar-refractivity contribution >= 4 is 17.3 Å². The second-order valence-corrected chi connectivity index (χ2v) is 5.25. The van der Waals surface area contributed by atoms with Crippen LogP contribution in [0, 0.1) is 0 Å². The largest absolute Gasteiger partial charge is 0.468 e. The summed E-state index contributed by atoms with van der Waals surface area (Å²) in [5, 5.41) is 5.35. The first-order valence-corrected chi connectivity index (χ1v) is 7.02. The maximum atomic E-state index is 11.9. The highest BCUT2D eigenvalue weighted by Gasteiger charge is 2.23. The summed E-state index contributed by atoms with van der Waals surface area (Å²) in [7, 11) is 1.41. The first kappa shape index (κ1) is 13.8. The number of benzene rings is 1. The summed E-state index contributed by atoms with van der Waals surface area (Å²) < 4.78 is 4.89. The third kappa shape index (κ3) is 3.43. The summed E-state index contributed by atoms with van der Waals surface area (Å²) >= 11 is 1.67. The molecule has 0 amide bonds.